The lowest BCUT2D eigenvalue weighted by Crippen LogP contribution is -2.38. The minimum Gasteiger partial charge on any atom is -0.457 e. The molecule has 6 heteroatoms. The van der Waals surface area contributed by atoms with Crippen LogP contribution in [0.3, 0.4) is 0 Å². The first kappa shape index (κ1) is 19.1. The van der Waals surface area contributed by atoms with E-state index < -0.39 is 0 Å². The van der Waals surface area contributed by atoms with E-state index >= 15 is 0 Å². The van der Waals surface area contributed by atoms with Crippen LogP contribution in [0.1, 0.15) is 40.5 Å². The van der Waals surface area contributed by atoms with E-state index in [0.29, 0.717) is 36.1 Å². The summed E-state index contributed by atoms with van der Waals surface area (Å²) in [7, 11) is 0. The molecule has 0 aliphatic carbocycles. The number of carbonyl (C=O) groups is 1. The van der Waals surface area contributed by atoms with Crippen molar-refractivity contribution >= 4 is 5.91 Å². The topological polar surface area (TPSA) is 55.3 Å². The number of nitrogens with zero attached hydrogens (tertiary/aromatic N) is 3. The fourth-order valence-corrected chi connectivity index (χ4v) is 3.49. The summed E-state index contributed by atoms with van der Waals surface area (Å²) in [4.78, 5) is 14.7. The van der Waals surface area contributed by atoms with Gasteiger partial charge in [0.25, 0.3) is 5.91 Å². The number of halogens is 1. The summed E-state index contributed by atoms with van der Waals surface area (Å²) in [5.41, 5.74) is 2.54. The molecular formula is C23H22FN3O2. The first-order valence-corrected chi connectivity index (χ1v) is 9.71. The quantitative estimate of drug-likeness (QED) is 0.645. The van der Waals surface area contributed by atoms with Crippen LogP contribution in [0.5, 0.6) is 11.5 Å². The number of rotatable bonds is 4. The zero-order valence-electron chi connectivity index (χ0n) is 16.2. The molecule has 0 saturated carbocycles. The van der Waals surface area contributed by atoms with Crippen LogP contribution in [0.2, 0.25) is 0 Å². The molecule has 4 rings (SSSR count). The Balaban J connectivity index is 1.35. The van der Waals surface area contributed by atoms with Gasteiger partial charge in [0.1, 0.15) is 17.3 Å². The van der Waals surface area contributed by atoms with Gasteiger partial charge in [-0.05, 0) is 80.4 Å². The summed E-state index contributed by atoms with van der Waals surface area (Å²) in [6.45, 7) is 3.33. The Morgan fingerprint density at radius 3 is 2.14 bits per heavy atom. The number of aryl methyl sites for hydroxylation is 1. The predicted molar refractivity (Wildman–Crippen MR) is 108 cm³/mol. The molecule has 1 aromatic heterocycles. The number of piperidine rings is 1. The van der Waals surface area contributed by atoms with Crippen LogP contribution in [0.15, 0.2) is 60.7 Å². The first-order chi connectivity index (χ1) is 14.1. The van der Waals surface area contributed by atoms with Gasteiger partial charge in [0.05, 0.1) is 11.4 Å². The van der Waals surface area contributed by atoms with Gasteiger partial charge in [-0.25, -0.2) is 4.39 Å². The fourth-order valence-electron chi connectivity index (χ4n) is 3.49. The molecule has 1 fully saturated rings. The van der Waals surface area contributed by atoms with Crippen molar-refractivity contribution in [2.75, 3.05) is 13.1 Å². The molecule has 0 unspecified atom stereocenters. The predicted octanol–water partition coefficient (Wildman–Crippen LogP) is 4.74. The standard InChI is InChI=1S/C23H22FN3O2/c1-16-2-11-22(26-25-16)17-12-14-27(15-13-17)23(28)18-3-7-20(8-4-18)29-21-9-5-19(24)6-10-21/h2-11,17H,12-15H2,1H3. The molecule has 0 radical (unpaired) electrons. The van der Waals surface area contributed by atoms with Gasteiger partial charge in [0.2, 0.25) is 0 Å². The number of amides is 1. The second kappa shape index (κ2) is 8.39. The van der Waals surface area contributed by atoms with Crippen molar-refractivity contribution in [3.63, 3.8) is 0 Å². The van der Waals surface area contributed by atoms with E-state index in [1.165, 1.54) is 12.1 Å². The lowest BCUT2D eigenvalue weighted by atomic mass is 9.93. The molecule has 3 aromatic rings. The zero-order chi connectivity index (χ0) is 20.2. The Morgan fingerprint density at radius 1 is 0.931 bits per heavy atom. The fraction of sp³-hybridized carbons (Fsp3) is 0.261. The summed E-state index contributed by atoms with van der Waals surface area (Å²) >= 11 is 0. The minimum absolute atomic E-state index is 0.0202. The van der Waals surface area contributed by atoms with E-state index in [-0.39, 0.29) is 11.7 Å². The highest BCUT2D eigenvalue weighted by atomic mass is 19.1. The number of benzene rings is 2. The van der Waals surface area contributed by atoms with E-state index in [4.69, 9.17) is 4.74 Å². The molecule has 0 atom stereocenters. The molecule has 1 amide bonds. The lowest BCUT2D eigenvalue weighted by Gasteiger charge is -2.31. The summed E-state index contributed by atoms with van der Waals surface area (Å²) in [5, 5.41) is 8.43. The third-order valence-electron chi connectivity index (χ3n) is 5.17. The van der Waals surface area contributed by atoms with Gasteiger partial charge in [0, 0.05) is 24.6 Å². The van der Waals surface area contributed by atoms with Gasteiger partial charge < -0.3 is 9.64 Å². The molecule has 0 bridgehead atoms. The van der Waals surface area contributed by atoms with E-state index in [0.717, 1.165) is 24.2 Å². The maximum absolute atomic E-state index is 13.0. The largest absolute Gasteiger partial charge is 0.457 e. The summed E-state index contributed by atoms with van der Waals surface area (Å²) in [5.74, 6) is 1.21. The van der Waals surface area contributed by atoms with E-state index in [9.17, 15) is 9.18 Å². The van der Waals surface area contributed by atoms with E-state index in [2.05, 4.69) is 10.2 Å². The van der Waals surface area contributed by atoms with Crippen LogP contribution in [0.25, 0.3) is 0 Å². The molecule has 1 aliphatic heterocycles. The van der Waals surface area contributed by atoms with Crippen molar-refractivity contribution in [3.8, 4) is 11.5 Å². The molecule has 0 N–H and O–H groups in total. The maximum atomic E-state index is 13.0. The smallest absolute Gasteiger partial charge is 0.253 e. The molecular weight excluding hydrogens is 369 g/mol. The molecule has 0 spiro atoms. The highest BCUT2D eigenvalue weighted by molar-refractivity contribution is 5.94. The van der Waals surface area contributed by atoms with Gasteiger partial charge >= 0.3 is 0 Å². The Kier molecular flexibility index (Phi) is 5.51. The van der Waals surface area contributed by atoms with Crippen molar-refractivity contribution in [2.24, 2.45) is 0 Å². The zero-order valence-corrected chi connectivity index (χ0v) is 16.2. The number of likely N-dealkylation sites (tertiary alicyclic amines) is 1. The molecule has 1 saturated heterocycles. The van der Waals surface area contributed by atoms with Crippen LogP contribution in [-0.2, 0) is 0 Å². The summed E-state index contributed by atoms with van der Waals surface area (Å²) in [6.07, 6.45) is 1.77. The van der Waals surface area contributed by atoms with E-state index in [1.807, 2.05) is 24.0 Å². The molecule has 2 aromatic carbocycles. The molecule has 1 aliphatic rings. The van der Waals surface area contributed by atoms with Crippen molar-refractivity contribution in [1.82, 2.24) is 15.1 Å². The van der Waals surface area contributed by atoms with Gasteiger partial charge in [-0.1, -0.05) is 0 Å². The first-order valence-electron chi connectivity index (χ1n) is 9.71. The number of ether oxygens (including phenoxy) is 1. The van der Waals surface area contributed by atoms with Gasteiger partial charge in [-0.2, -0.15) is 10.2 Å². The minimum atomic E-state index is -0.309. The number of aromatic nitrogens is 2. The van der Waals surface area contributed by atoms with Gasteiger partial charge in [-0.3, -0.25) is 4.79 Å². The van der Waals surface area contributed by atoms with E-state index in [1.54, 1.807) is 36.4 Å². The van der Waals surface area contributed by atoms with Crippen LogP contribution >= 0.6 is 0 Å². The van der Waals surface area contributed by atoms with Gasteiger partial charge in [0.15, 0.2) is 0 Å². The third kappa shape index (κ3) is 4.59. The Hall–Kier alpha value is -3.28. The van der Waals surface area contributed by atoms with Gasteiger partial charge in [-0.15, -0.1) is 0 Å². The van der Waals surface area contributed by atoms with Crippen LogP contribution in [0, 0.1) is 12.7 Å². The number of carbonyl (C=O) groups excluding carboxylic acids is 1. The summed E-state index contributed by atoms with van der Waals surface area (Å²) < 4.78 is 18.7. The molecule has 5 nitrogen and oxygen atoms in total. The third-order valence-corrected chi connectivity index (χ3v) is 5.17. The lowest BCUT2D eigenvalue weighted by molar-refractivity contribution is 0.0712. The van der Waals surface area contributed by atoms with Crippen LogP contribution in [0.4, 0.5) is 4.39 Å². The monoisotopic (exact) mass is 391 g/mol. The van der Waals surface area contributed by atoms with Crippen molar-refractivity contribution in [1.29, 1.82) is 0 Å². The highest BCUT2D eigenvalue weighted by Gasteiger charge is 2.25. The average molecular weight is 391 g/mol. The SMILES string of the molecule is Cc1ccc(C2CCN(C(=O)c3ccc(Oc4ccc(F)cc4)cc3)CC2)nn1. The Labute approximate surface area is 169 Å². The maximum Gasteiger partial charge on any atom is 0.253 e. The second-order valence-electron chi connectivity index (χ2n) is 7.25. The average Bonchev–Trinajstić information content (AvgIpc) is 2.76. The number of hydrogen-bond donors (Lipinski definition) is 0. The normalized spacial score (nSPS) is 14.6. The Morgan fingerprint density at radius 2 is 1.55 bits per heavy atom. The van der Waals surface area contributed by atoms with Crippen LogP contribution < -0.4 is 4.74 Å². The van der Waals surface area contributed by atoms with Crippen LogP contribution in [-0.4, -0.2) is 34.1 Å². The van der Waals surface area contributed by atoms with Crippen molar-refractivity contribution in [3.05, 3.63) is 83.4 Å². The highest BCUT2D eigenvalue weighted by Crippen LogP contribution is 2.28. The Bertz CT molecular complexity index is 965. The summed E-state index contributed by atoms with van der Waals surface area (Å²) in [6, 6.07) is 16.9. The number of hydrogen-bond acceptors (Lipinski definition) is 4. The molecule has 29 heavy (non-hydrogen) atoms. The molecule has 2 heterocycles. The van der Waals surface area contributed by atoms with Crippen molar-refractivity contribution in [2.45, 2.75) is 25.7 Å². The second-order valence-corrected chi connectivity index (χ2v) is 7.25. The van der Waals surface area contributed by atoms with Crippen molar-refractivity contribution < 1.29 is 13.9 Å². The molecule has 148 valence electrons.